The average Bonchev–Trinajstić information content (AvgIpc) is 2.85. The number of amides is 1. The van der Waals surface area contributed by atoms with Gasteiger partial charge >= 0.3 is 0 Å². The molecule has 19 heavy (non-hydrogen) atoms. The molecule has 0 aromatic carbocycles. The van der Waals surface area contributed by atoms with Crippen LogP contribution in [0.15, 0.2) is 0 Å². The molecule has 5 heteroatoms. The normalized spacial score (nSPS) is 24.4. The van der Waals surface area contributed by atoms with Gasteiger partial charge in [-0.05, 0) is 26.7 Å². The third-order valence-electron chi connectivity index (χ3n) is 4.50. The summed E-state index contributed by atoms with van der Waals surface area (Å²) in [6.45, 7) is 8.38. The zero-order valence-electron chi connectivity index (χ0n) is 12.2. The number of ether oxygens (including phenoxy) is 1. The van der Waals surface area contributed by atoms with Crippen molar-refractivity contribution in [3.05, 3.63) is 0 Å². The van der Waals surface area contributed by atoms with Crippen LogP contribution in [0.25, 0.3) is 0 Å². The van der Waals surface area contributed by atoms with Gasteiger partial charge in [0.1, 0.15) is 0 Å². The fourth-order valence-electron chi connectivity index (χ4n) is 2.99. The van der Waals surface area contributed by atoms with Gasteiger partial charge in [0, 0.05) is 25.2 Å². The number of morpholine rings is 1. The summed E-state index contributed by atoms with van der Waals surface area (Å²) in [6.07, 6.45) is 3.77. The molecular weight excluding hydrogens is 242 g/mol. The Morgan fingerprint density at radius 1 is 1.32 bits per heavy atom. The summed E-state index contributed by atoms with van der Waals surface area (Å²) in [5.74, 6) is 0.0198. The van der Waals surface area contributed by atoms with Crippen molar-refractivity contribution < 1.29 is 9.53 Å². The van der Waals surface area contributed by atoms with Crippen molar-refractivity contribution in [2.75, 3.05) is 32.8 Å². The Morgan fingerprint density at radius 2 is 1.89 bits per heavy atom. The van der Waals surface area contributed by atoms with E-state index in [1.165, 1.54) is 0 Å². The van der Waals surface area contributed by atoms with Crippen LogP contribution in [0.2, 0.25) is 0 Å². The number of carbonyl (C=O) groups excluding carboxylic acids is 1. The standard InChI is InChI=1S/C14H27N3O2/c1-13(2,17-7-9-19-10-8-17)11-16-12(18)14(15)5-3-4-6-14/h3-11,15H2,1-2H3,(H,16,18). The Morgan fingerprint density at radius 3 is 2.47 bits per heavy atom. The molecule has 1 saturated heterocycles. The van der Waals surface area contributed by atoms with E-state index in [1.807, 2.05) is 0 Å². The van der Waals surface area contributed by atoms with E-state index in [0.717, 1.165) is 52.0 Å². The van der Waals surface area contributed by atoms with Gasteiger partial charge in [0.25, 0.3) is 0 Å². The van der Waals surface area contributed by atoms with E-state index in [1.54, 1.807) is 0 Å². The van der Waals surface area contributed by atoms with Crippen LogP contribution < -0.4 is 11.1 Å². The van der Waals surface area contributed by atoms with Gasteiger partial charge in [-0.2, -0.15) is 0 Å². The third kappa shape index (κ3) is 3.46. The lowest BCUT2D eigenvalue weighted by atomic mass is 9.96. The van der Waals surface area contributed by atoms with Gasteiger partial charge in [0.15, 0.2) is 0 Å². The van der Waals surface area contributed by atoms with Crippen molar-refractivity contribution in [3.63, 3.8) is 0 Å². The Balaban J connectivity index is 1.84. The fourth-order valence-corrected chi connectivity index (χ4v) is 2.99. The summed E-state index contributed by atoms with van der Waals surface area (Å²) >= 11 is 0. The maximum atomic E-state index is 12.2. The molecule has 0 unspecified atom stereocenters. The number of carbonyl (C=O) groups is 1. The zero-order chi connectivity index (χ0) is 13.9. The molecule has 2 aliphatic rings. The van der Waals surface area contributed by atoms with Crippen LogP contribution in [0.1, 0.15) is 39.5 Å². The van der Waals surface area contributed by atoms with E-state index in [2.05, 4.69) is 24.1 Å². The lowest BCUT2D eigenvalue weighted by molar-refractivity contribution is -0.127. The quantitative estimate of drug-likeness (QED) is 0.779. The first-order chi connectivity index (χ1) is 8.94. The average molecular weight is 269 g/mol. The lowest BCUT2D eigenvalue weighted by Gasteiger charge is -2.41. The molecule has 3 N–H and O–H groups in total. The summed E-state index contributed by atoms with van der Waals surface area (Å²) in [4.78, 5) is 14.6. The van der Waals surface area contributed by atoms with Crippen LogP contribution in [-0.2, 0) is 9.53 Å². The summed E-state index contributed by atoms with van der Waals surface area (Å²) < 4.78 is 5.37. The highest BCUT2D eigenvalue weighted by molar-refractivity contribution is 5.86. The van der Waals surface area contributed by atoms with Crippen LogP contribution in [0.4, 0.5) is 0 Å². The molecular formula is C14H27N3O2. The highest BCUT2D eigenvalue weighted by atomic mass is 16.5. The molecule has 1 saturated carbocycles. The van der Waals surface area contributed by atoms with Gasteiger partial charge in [-0.1, -0.05) is 12.8 Å². The van der Waals surface area contributed by atoms with Gasteiger partial charge < -0.3 is 15.8 Å². The second kappa shape index (κ2) is 5.77. The second-order valence-corrected chi connectivity index (χ2v) is 6.46. The van der Waals surface area contributed by atoms with Gasteiger partial charge in [0.05, 0.1) is 18.8 Å². The van der Waals surface area contributed by atoms with Gasteiger partial charge in [0.2, 0.25) is 5.91 Å². The molecule has 0 atom stereocenters. The monoisotopic (exact) mass is 269 g/mol. The first-order valence-electron chi connectivity index (χ1n) is 7.34. The maximum Gasteiger partial charge on any atom is 0.240 e. The predicted octanol–water partition coefficient (Wildman–Crippen LogP) is 0.485. The van der Waals surface area contributed by atoms with E-state index < -0.39 is 5.54 Å². The minimum Gasteiger partial charge on any atom is -0.379 e. The number of nitrogens with one attached hydrogen (secondary N) is 1. The lowest BCUT2D eigenvalue weighted by Crippen LogP contribution is -2.59. The molecule has 1 amide bonds. The molecule has 1 aliphatic heterocycles. The molecule has 110 valence electrons. The van der Waals surface area contributed by atoms with Crippen LogP contribution in [-0.4, -0.2) is 54.7 Å². The van der Waals surface area contributed by atoms with Crippen molar-refractivity contribution in [3.8, 4) is 0 Å². The summed E-state index contributed by atoms with van der Waals surface area (Å²) in [5, 5.41) is 3.06. The minimum atomic E-state index is -0.624. The van der Waals surface area contributed by atoms with Crippen molar-refractivity contribution in [1.29, 1.82) is 0 Å². The number of nitrogens with two attached hydrogens (primary N) is 1. The van der Waals surface area contributed by atoms with Gasteiger partial charge in [-0.15, -0.1) is 0 Å². The molecule has 5 nitrogen and oxygen atoms in total. The van der Waals surface area contributed by atoms with Crippen LogP contribution >= 0.6 is 0 Å². The Hall–Kier alpha value is -0.650. The van der Waals surface area contributed by atoms with E-state index in [9.17, 15) is 4.79 Å². The number of hydrogen-bond acceptors (Lipinski definition) is 4. The highest BCUT2D eigenvalue weighted by Gasteiger charge is 2.38. The number of rotatable bonds is 4. The first-order valence-corrected chi connectivity index (χ1v) is 7.34. The van der Waals surface area contributed by atoms with Crippen molar-refractivity contribution in [2.24, 2.45) is 5.73 Å². The summed E-state index contributed by atoms with van der Waals surface area (Å²) in [6, 6.07) is 0. The predicted molar refractivity (Wildman–Crippen MR) is 74.9 cm³/mol. The van der Waals surface area contributed by atoms with E-state index in [4.69, 9.17) is 10.5 Å². The molecule has 2 fully saturated rings. The second-order valence-electron chi connectivity index (χ2n) is 6.46. The summed E-state index contributed by atoms with van der Waals surface area (Å²) in [5.41, 5.74) is 5.49. The smallest absolute Gasteiger partial charge is 0.240 e. The topological polar surface area (TPSA) is 67.6 Å². The molecule has 1 aliphatic carbocycles. The largest absolute Gasteiger partial charge is 0.379 e. The van der Waals surface area contributed by atoms with Crippen LogP contribution in [0.5, 0.6) is 0 Å². The fraction of sp³-hybridized carbons (Fsp3) is 0.929. The van der Waals surface area contributed by atoms with Crippen molar-refractivity contribution in [2.45, 2.75) is 50.6 Å². The van der Waals surface area contributed by atoms with E-state index in [-0.39, 0.29) is 11.4 Å². The number of nitrogens with zero attached hydrogens (tertiary/aromatic N) is 1. The van der Waals surface area contributed by atoms with Gasteiger partial charge in [-0.3, -0.25) is 9.69 Å². The molecule has 0 radical (unpaired) electrons. The molecule has 0 aromatic rings. The molecule has 1 heterocycles. The molecule has 0 bridgehead atoms. The van der Waals surface area contributed by atoms with Crippen molar-refractivity contribution >= 4 is 5.91 Å². The highest BCUT2D eigenvalue weighted by Crippen LogP contribution is 2.27. The minimum absolute atomic E-state index is 0.0198. The Labute approximate surface area is 115 Å². The van der Waals surface area contributed by atoms with E-state index >= 15 is 0 Å². The first kappa shape index (κ1) is 14.8. The zero-order valence-corrected chi connectivity index (χ0v) is 12.2. The molecule has 0 spiro atoms. The summed E-state index contributed by atoms with van der Waals surface area (Å²) in [7, 11) is 0. The van der Waals surface area contributed by atoms with Crippen LogP contribution in [0.3, 0.4) is 0 Å². The Bertz CT molecular complexity index is 319. The maximum absolute atomic E-state index is 12.2. The van der Waals surface area contributed by atoms with E-state index in [0.29, 0.717) is 6.54 Å². The third-order valence-corrected chi connectivity index (χ3v) is 4.50. The Kier molecular flexibility index (Phi) is 4.48. The van der Waals surface area contributed by atoms with Gasteiger partial charge in [-0.25, -0.2) is 0 Å². The van der Waals surface area contributed by atoms with Crippen molar-refractivity contribution in [1.82, 2.24) is 10.2 Å². The molecule has 0 aromatic heterocycles. The number of hydrogen-bond donors (Lipinski definition) is 2. The van der Waals surface area contributed by atoms with Crippen LogP contribution in [0, 0.1) is 0 Å². The SMILES string of the molecule is CC(C)(CNC(=O)C1(N)CCCC1)N1CCOCC1. The molecule has 2 rings (SSSR count).